The van der Waals surface area contributed by atoms with E-state index < -0.39 is 0 Å². The number of amides is 2. The lowest BCUT2D eigenvalue weighted by molar-refractivity contribution is -0.136. The number of nitrogens with zero attached hydrogens (tertiary/aromatic N) is 3. The van der Waals surface area contributed by atoms with Crippen molar-refractivity contribution < 1.29 is 14.3 Å². The predicted molar refractivity (Wildman–Crippen MR) is 96.2 cm³/mol. The van der Waals surface area contributed by atoms with Crippen LogP contribution >= 0.6 is 0 Å². The average Bonchev–Trinajstić information content (AvgIpc) is 3.03. The van der Waals surface area contributed by atoms with Gasteiger partial charge in [0, 0.05) is 37.8 Å². The third kappa shape index (κ3) is 4.58. The molecule has 1 spiro atoms. The number of rotatable bonds is 5. The summed E-state index contributed by atoms with van der Waals surface area (Å²) in [6.45, 7) is 5.80. The minimum Gasteiger partial charge on any atom is -0.373 e. The Hall–Kier alpha value is -2.02. The maximum atomic E-state index is 12.4. The molecule has 0 aromatic carbocycles. The SMILES string of the molecule is CC(C)C(=O)N[C@H]1COC2(CCN(C(=O)CCc3cncnc3)CC2)C1. The molecule has 0 saturated carbocycles. The Labute approximate surface area is 154 Å². The van der Waals surface area contributed by atoms with E-state index in [9.17, 15) is 9.59 Å². The first-order valence-corrected chi connectivity index (χ1v) is 9.43. The number of piperidine rings is 1. The van der Waals surface area contributed by atoms with E-state index in [2.05, 4.69) is 15.3 Å². The van der Waals surface area contributed by atoms with Crippen LogP contribution < -0.4 is 5.32 Å². The fourth-order valence-electron chi connectivity index (χ4n) is 3.69. The first-order chi connectivity index (χ1) is 12.5. The van der Waals surface area contributed by atoms with Crippen molar-refractivity contribution in [1.29, 1.82) is 0 Å². The molecule has 3 heterocycles. The molecule has 26 heavy (non-hydrogen) atoms. The minimum absolute atomic E-state index is 0.0129. The molecule has 7 nitrogen and oxygen atoms in total. The summed E-state index contributed by atoms with van der Waals surface area (Å²) >= 11 is 0. The van der Waals surface area contributed by atoms with Crippen molar-refractivity contribution in [3.8, 4) is 0 Å². The molecule has 1 aromatic heterocycles. The molecule has 142 valence electrons. The molecule has 2 aliphatic rings. The molecule has 0 bridgehead atoms. The number of hydrogen-bond donors (Lipinski definition) is 1. The van der Waals surface area contributed by atoms with Crippen LogP contribution in [-0.4, -0.2) is 58.0 Å². The quantitative estimate of drug-likeness (QED) is 0.856. The highest BCUT2D eigenvalue weighted by Gasteiger charge is 2.43. The van der Waals surface area contributed by atoms with Gasteiger partial charge in [0.1, 0.15) is 6.33 Å². The molecular weight excluding hydrogens is 332 g/mol. The molecule has 2 amide bonds. The number of carbonyl (C=O) groups excluding carboxylic acids is 2. The number of hydrogen-bond acceptors (Lipinski definition) is 5. The first-order valence-electron chi connectivity index (χ1n) is 9.43. The van der Waals surface area contributed by atoms with Crippen LogP contribution in [0.4, 0.5) is 0 Å². The lowest BCUT2D eigenvalue weighted by Crippen LogP contribution is -2.47. The largest absolute Gasteiger partial charge is 0.373 e. The van der Waals surface area contributed by atoms with Crippen LogP contribution in [0, 0.1) is 5.92 Å². The molecule has 1 aromatic rings. The first kappa shape index (κ1) is 18.8. The van der Waals surface area contributed by atoms with Crippen LogP contribution in [0.1, 0.15) is 45.1 Å². The Morgan fingerprint density at radius 2 is 2.00 bits per heavy atom. The molecular formula is C19H28N4O3. The second-order valence-corrected chi connectivity index (χ2v) is 7.69. The Morgan fingerprint density at radius 3 is 2.65 bits per heavy atom. The number of nitrogens with one attached hydrogen (secondary N) is 1. The topological polar surface area (TPSA) is 84.4 Å². The fourth-order valence-corrected chi connectivity index (χ4v) is 3.69. The molecule has 2 saturated heterocycles. The van der Waals surface area contributed by atoms with E-state index in [4.69, 9.17) is 4.74 Å². The molecule has 2 fully saturated rings. The lowest BCUT2D eigenvalue weighted by atomic mass is 9.87. The van der Waals surface area contributed by atoms with Crippen molar-refractivity contribution in [3.05, 3.63) is 24.3 Å². The van der Waals surface area contributed by atoms with Gasteiger partial charge < -0.3 is 15.0 Å². The van der Waals surface area contributed by atoms with Gasteiger partial charge in [-0.2, -0.15) is 0 Å². The van der Waals surface area contributed by atoms with Gasteiger partial charge in [0.2, 0.25) is 11.8 Å². The Kier molecular flexibility index (Phi) is 5.86. The van der Waals surface area contributed by atoms with E-state index >= 15 is 0 Å². The molecule has 2 aliphatic heterocycles. The molecule has 1 atom stereocenters. The van der Waals surface area contributed by atoms with Crippen LogP contribution in [0.15, 0.2) is 18.7 Å². The van der Waals surface area contributed by atoms with Crippen LogP contribution in [0.25, 0.3) is 0 Å². The van der Waals surface area contributed by atoms with Gasteiger partial charge in [-0.15, -0.1) is 0 Å². The van der Waals surface area contributed by atoms with Gasteiger partial charge >= 0.3 is 0 Å². The number of aryl methyl sites for hydroxylation is 1. The van der Waals surface area contributed by atoms with Gasteiger partial charge in [0.05, 0.1) is 18.2 Å². The van der Waals surface area contributed by atoms with E-state index in [0.717, 1.165) is 37.9 Å². The van der Waals surface area contributed by atoms with Gasteiger partial charge in [-0.05, 0) is 31.2 Å². The normalized spacial score (nSPS) is 22.0. The summed E-state index contributed by atoms with van der Waals surface area (Å²) in [5, 5.41) is 3.07. The second kappa shape index (κ2) is 8.12. The third-order valence-corrected chi connectivity index (χ3v) is 5.35. The van der Waals surface area contributed by atoms with Crippen molar-refractivity contribution in [3.63, 3.8) is 0 Å². The van der Waals surface area contributed by atoms with E-state index in [-0.39, 0.29) is 29.4 Å². The monoisotopic (exact) mass is 360 g/mol. The summed E-state index contributed by atoms with van der Waals surface area (Å²) < 4.78 is 6.06. The summed E-state index contributed by atoms with van der Waals surface area (Å²) in [6.07, 6.45) is 8.66. The van der Waals surface area contributed by atoms with Crippen molar-refractivity contribution >= 4 is 11.8 Å². The van der Waals surface area contributed by atoms with Gasteiger partial charge in [-0.25, -0.2) is 9.97 Å². The molecule has 0 unspecified atom stereocenters. The van der Waals surface area contributed by atoms with E-state index in [1.165, 1.54) is 6.33 Å². The number of carbonyl (C=O) groups is 2. The van der Waals surface area contributed by atoms with Crippen molar-refractivity contribution in [1.82, 2.24) is 20.2 Å². The van der Waals surface area contributed by atoms with Crippen molar-refractivity contribution in [2.45, 2.75) is 57.6 Å². The number of ether oxygens (including phenoxy) is 1. The zero-order chi connectivity index (χ0) is 18.6. The molecule has 0 radical (unpaired) electrons. The second-order valence-electron chi connectivity index (χ2n) is 7.69. The Morgan fingerprint density at radius 1 is 1.31 bits per heavy atom. The molecule has 0 aliphatic carbocycles. The minimum atomic E-state index is -0.182. The van der Waals surface area contributed by atoms with Crippen LogP contribution in [0.3, 0.4) is 0 Å². The summed E-state index contributed by atoms with van der Waals surface area (Å²) in [4.78, 5) is 34.2. The highest BCUT2D eigenvalue weighted by Crippen LogP contribution is 2.36. The van der Waals surface area contributed by atoms with Crippen molar-refractivity contribution in [2.24, 2.45) is 5.92 Å². The zero-order valence-corrected chi connectivity index (χ0v) is 15.6. The average molecular weight is 360 g/mol. The van der Waals surface area contributed by atoms with Crippen LogP contribution in [-0.2, 0) is 20.7 Å². The van der Waals surface area contributed by atoms with Crippen molar-refractivity contribution in [2.75, 3.05) is 19.7 Å². The molecule has 1 N–H and O–H groups in total. The van der Waals surface area contributed by atoms with E-state index in [1.807, 2.05) is 18.7 Å². The van der Waals surface area contributed by atoms with Gasteiger partial charge in [-0.3, -0.25) is 9.59 Å². The highest BCUT2D eigenvalue weighted by molar-refractivity contribution is 5.78. The van der Waals surface area contributed by atoms with E-state index in [1.54, 1.807) is 12.4 Å². The summed E-state index contributed by atoms with van der Waals surface area (Å²) in [5.41, 5.74) is 0.802. The maximum Gasteiger partial charge on any atom is 0.222 e. The smallest absolute Gasteiger partial charge is 0.222 e. The highest BCUT2D eigenvalue weighted by atomic mass is 16.5. The fraction of sp³-hybridized carbons (Fsp3) is 0.684. The van der Waals surface area contributed by atoms with Gasteiger partial charge in [-0.1, -0.05) is 13.8 Å². The zero-order valence-electron chi connectivity index (χ0n) is 15.6. The van der Waals surface area contributed by atoms with E-state index in [0.29, 0.717) is 19.4 Å². The molecule has 7 heteroatoms. The predicted octanol–water partition coefficient (Wildman–Crippen LogP) is 1.33. The summed E-state index contributed by atoms with van der Waals surface area (Å²) in [6, 6.07) is 0.0882. The Balaban J connectivity index is 1.44. The van der Waals surface area contributed by atoms with Crippen LogP contribution in [0.2, 0.25) is 0 Å². The Bertz CT molecular complexity index is 627. The summed E-state index contributed by atoms with van der Waals surface area (Å²) in [5.74, 6) is 0.237. The van der Waals surface area contributed by atoms with Crippen LogP contribution in [0.5, 0.6) is 0 Å². The maximum absolute atomic E-state index is 12.4. The standard InChI is InChI=1S/C19H28N4O3/c1-14(2)18(25)22-16-9-19(26-12-16)5-7-23(8-6-19)17(24)4-3-15-10-20-13-21-11-15/h10-11,13-14,16H,3-9,12H2,1-2H3,(H,22,25)/t16-/m1/s1. The van der Waals surface area contributed by atoms with Gasteiger partial charge in [0.15, 0.2) is 0 Å². The summed E-state index contributed by atoms with van der Waals surface area (Å²) in [7, 11) is 0. The number of likely N-dealkylation sites (tertiary alicyclic amines) is 1. The molecule has 3 rings (SSSR count). The lowest BCUT2D eigenvalue weighted by Gasteiger charge is -2.38. The number of aromatic nitrogens is 2. The third-order valence-electron chi connectivity index (χ3n) is 5.35. The van der Waals surface area contributed by atoms with Gasteiger partial charge in [0.25, 0.3) is 0 Å².